The summed E-state index contributed by atoms with van der Waals surface area (Å²) in [4.78, 5) is 36.4. The average molecular weight is 579 g/mol. The predicted molar refractivity (Wildman–Crippen MR) is 163 cm³/mol. The Labute approximate surface area is 248 Å². The quantitative estimate of drug-likeness (QED) is 0.205. The van der Waals surface area contributed by atoms with Crippen molar-refractivity contribution in [2.45, 2.75) is 50.2 Å². The van der Waals surface area contributed by atoms with Crippen LogP contribution in [0.1, 0.15) is 43.2 Å². The molecule has 5 N–H and O–H groups in total. The van der Waals surface area contributed by atoms with Crippen molar-refractivity contribution in [3.8, 4) is 0 Å². The van der Waals surface area contributed by atoms with E-state index in [1.807, 2.05) is 91.0 Å². The fourth-order valence-corrected chi connectivity index (χ4v) is 6.06. The van der Waals surface area contributed by atoms with E-state index in [0.29, 0.717) is 0 Å². The lowest BCUT2D eigenvalue weighted by atomic mass is 9.63. The minimum absolute atomic E-state index is 0.0148. The zero-order chi connectivity index (χ0) is 30.1. The molecule has 10 nitrogen and oxygen atoms in total. The highest BCUT2D eigenvalue weighted by Crippen LogP contribution is 2.46. The van der Waals surface area contributed by atoms with Crippen LogP contribution in [0.3, 0.4) is 0 Å². The van der Waals surface area contributed by atoms with E-state index >= 15 is 0 Å². The number of amides is 1. The molecular formula is C33H34N6O4. The normalized spacial score (nSPS) is 19.5. The Morgan fingerprint density at radius 2 is 1.53 bits per heavy atom. The zero-order valence-corrected chi connectivity index (χ0v) is 23.9. The number of carbonyl (C=O) groups excluding carboxylic acids is 1. The Kier molecular flexibility index (Phi) is 7.66. The third-order valence-electron chi connectivity index (χ3n) is 8.19. The lowest BCUT2D eigenvalue weighted by Gasteiger charge is -2.43. The van der Waals surface area contributed by atoms with Crippen molar-refractivity contribution in [2.24, 2.45) is 11.7 Å². The molecule has 2 unspecified atom stereocenters. The van der Waals surface area contributed by atoms with Crippen LogP contribution in [-0.4, -0.2) is 48.8 Å². The number of anilines is 1. The lowest BCUT2D eigenvalue weighted by Crippen LogP contribution is -2.56. The Morgan fingerprint density at radius 1 is 1.00 bits per heavy atom. The molecule has 1 fully saturated rings. The van der Waals surface area contributed by atoms with Crippen LogP contribution in [0.2, 0.25) is 0 Å². The smallest absolute Gasteiger partial charge is 0.280 e. The van der Waals surface area contributed by atoms with Gasteiger partial charge in [-0.1, -0.05) is 105 Å². The molecule has 1 aliphatic rings. The Balaban J connectivity index is 1.42. The van der Waals surface area contributed by atoms with Gasteiger partial charge in [0.15, 0.2) is 11.2 Å². The molecule has 5 aromatic rings. The van der Waals surface area contributed by atoms with Crippen molar-refractivity contribution in [3.05, 3.63) is 124 Å². The van der Waals surface area contributed by atoms with Crippen LogP contribution in [0.15, 0.2) is 102 Å². The van der Waals surface area contributed by atoms with Gasteiger partial charge < -0.3 is 15.6 Å². The molecule has 4 atom stereocenters. The lowest BCUT2D eigenvalue weighted by molar-refractivity contribution is -0.118. The molecule has 0 radical (unpaired) electrons. The number of rotatable bonds is 8. The number of aromatic nitrogens is 4. The van der Waals surface area contributed by atoms with Gasteiger partial charge in [-0.25, -0.2) is 4.98 Å². The number of nitrogens with zero attached hydrogens (tertiary/aromatic N) is 3. The monoisotopic (exact) mass is 578 g/mol. The summed E-state index contributed by atoms with van der Waals surface area (Å²) in [5.74, 6) is -0.576. The SMILES string of the molecule is CC(C)C(=O)Nc1nc2c(ncn2[C@H]2CC(O)[C@@H](C(N)C(c3ccccc3)(c3ccccc3)c3ccccc3)O2)c(=O)[nH]1. The van der Waals surface area contributed by atoms with Crippen molar-refractivity contribution in [1.29, 1.82) is 0 Å². The van der Waals surface area contributed by atoms with E-state index in [9.17, 15) is 14.7 Å². The number of fused-ring (bicyclic) bond motifs is 1. The highest BCUT2D eigenvalue weighted by molar-refractivity contribution is 5.91. The molecule has 1 aliphatic heterocycles. The van der Waals surface area contributed by atoms with Crippen molar-refractivity contribution < 1.29 is 14.6 Å². The summed E-state index contributed by atoms with van der Waals surface area (Å²) in [6, 6.07) is 29.3. The summed E-state index contributed by atoms with van der Waals surface area (Å²) in [6.07, 6.45) is -0.787. The standard InChI is InChI=1S/C33H34N6O4/c1-20(2)30(41)37-32-36-29-26(31(42)38-32)35-19-39(29)25-18-24(40)27(43-25)28(34)33(21-12-6-3-7-13-21,22-14-8-4-9-15-22)23-16-10-5-11-17-23/h3-17,19-20,24-25,27-28,40H,18,34H2,1-2H3,(H2,36,37,38,41,42)/t24?,25-,27+,28?/m1/s1. The van der Waals surface area contributed by atoms with Crippen molar-refractivity contribution in [2.75, 3.05) is 5.32 Å². The average Bonchev–Trinajstić information content (AvgIpc) is 3.62. The van der Waals surface area contributed by atoms with Gasteiger partial charge in [0.05, 0.1) is 23.9 Å². The zero-order valence-electron chi connectivity index (χ0n) is 23.9. The van der Waals surface area contributed by atoms with Gasteiger partial charge in [-0.3, -0.25) is 24.5 Å². The maximum Gasteiger partial charge on any atom is 0.280 e. The molecule has 6 rings (SSSR count). The largest absolute Gasteiger partial charge is 0.390 e. The van der Waals surface area contributed by atoms with E-state index in [4.69, 9.17) is 10.5 Å². The molecule has 0 bridgehead atoms. The number of nitrogens with one attached hydrogen (secondary N) is 2. The summed E-state index contributed by atoms with van der Waals surface area (Å²) in [6.45, 7) is 3.49. The van der Waals surface area contributed by atoms with Crippen LogP contribution in [0, 0.1) is 5.92 Å². The fourth-order valence-electron chi connectivity index (χ4n) is 6.06. The molecule has 3 aromatic carbocycles. The molecule has 220 valence electrons. The van der Waals surface area contributed by atoms with Gasteiger partial charge in [-0.15, -0.1) is 0 Å². The number of imidazole rings is 1. The predicted octanol–water partition coefficient (Wildman–Crippen LogP) is 3.72. The second kappa shape index (κ2) is 11.6. The van der Waals surface area contributed by atoms with Crippen LogP contribution < -0.4 is 16.6 Å². The first-order valence-electron chi connectivity index (χ1n) is 14.3. The Bertz CT molecular complexity index is 1670. The Morgan fingerprint density at radius 3 is 2.05 bits per heavy atom. The first-order chi connectivity index (χ1) is 20.8. The van der Waals surface area contributed by atoms with Crippen LogP contribution in [0.25, 0.3) is 11.2 Å². The van der Waals surface area contributed by atoms with E-state index in [1.54, 1.807) is 18.4 Å². The molecule has 1 amide bonds. The topological polar surface area (TPSA) is 148 Å². The van der Waals surface area contributed by atoms with E-state index in [0.717, 1.165) is 16.7 Å². The number of ether oxygens (including phenoxy) is 1. The number of benzene rings is 3. The number of aliphatic hydroxyl groups is 1. The second-order valence-corrected chi connectivity index (χ2v) is 11.2. The fraction of sp³-hybridized carbons (Fsp3) is 0.273. The van der Waals surface area contributed by atoms with E-state index < -0.39 is 35.5 Å². The minimum Gasteiger partial charge on any atom is -0.390 e. The van der Waals surface area contributed by atoms with Crippen molar-refractivity contribution >= 4 is 23.0 Å². The number of aromatic amines is 1. The van der Waals surface area contributed by atoms with Crippen LogP contribution in [-0.2, 0) is 14.9 Å². The molecule has 43 heavy (non-hydrogen) atoms. The number of aliphatic hydroxyl groups excluding tert-OH is 1. The first kappa shape index (κ1) is 28.5. The van der Waals surface area contributed by atoms with Gasteiger partial charge in [0.2, 0.25) is 11.9 Å². The van der Waals surface area contributed by atoms with E-state index in [-0.39, 0.29) is 35.4 Å². The van der Waals surface area contributed by atoms with Gasteiger partial charge >= 0.3 is 0 Å². The number of hydrogen-bond acceptors (Lipinski definition) is 7. The molecule has 10 heteroatoms. The summed E-state index contributed by atoms with van der Waals surface area (Å²) < 4.78 is 8.18. The molecule has 0 aliphatic carbocycles. The van der Waals surface area contributed by atoms with Gasteiger partial charge in [0, 0.05) is 12.3 Å². The highest BCUT2D eigenvalue weighted by atomic mass is 16.5. The highest BCUT2D eigenvalue weighted by Gasteiger charge is 2.51. The summed E-state index contributed by atoms with van der Waals surface area (Å²) >= 11 is 0. The third kappa shape index (κ3) is 5.03. The molecule has 3 heterocycles. The second-order valence-electron chi connectivity index (χ2n) is 11.2. The number of H-pyrrole nitrogens is 1. The number of carbonyl (C=O) groups is 1. The number of nitrogens with two attached hydrogens (primary N) is 1. The molecular weight excluding hydrogens is 544 g/mol. The van der Waals surface area contributed by atoms with Crippen LogP contribution in [0.4, 0.5) is 5.95 Å². The van der Waals surface area contributed by atoms with E-state index in [1.165, 1.54) is 6.33 Å². The maximum atomic E-state index is 12.8. The molecule has 0 spiro atoms. The first-order valence-corrected chi connectivity index (χ1v) is 14.3. The third-order valence-corrected chi connectivity index (χ3v) is 8.19. The van der Waals surface area contributed by atoms with Gasteiger partial charge in [0.1, 0.15) is 12.3 Å². The van der Waals surface area contributed by atoms with Crippen LogP contribution >= 0.6 is 0 Å². The van der Waals surface area contributed by atoms with Gasteiger partial charge in [-0.2, -0.15) is 4.98 Å². The van der Waals surface area contributed by atoms with Crippen LogP contribution in [0.5, 0.6) is 0 Å². The molecule has 0 saturated carbocycles. The van der Waals surface area contributed by atoms with Gasteiger partial charge in [-0.05, 0) is 16.7 Å². The summed E-state index contributed by atoms with van der Waals surface area (Å²) in [5.41, 5.74) is 9.13. The number of hydrogen-bond donors (Lipinski definition) is 4. The van der Waals surface area contributed by atoms with Gasteiger partial charge in [0.25, 0.3) is 5.56 Å². The summed E-state index contributed by atoms with van der Waals surface area (Å²) in [7, 11) is 0. The summed E-state index contributed by atoms with van der Waals surface area (Å²) in [5, 5.41) is 14.1. The Hall–Kier alpha value is -4.64. The maximum absolute atomic E-state index is 12.8. The van der Waals surface area contributed by atoms with E-state index in [2.05, 4.69) is 20.3 Å². The molecule has 1 saturated heterocycles. The van der Waals surface area contributed by atoms with Crippen molar-refractivity contribution in [3.63, 3.8) is 0 Å². The van der Waals surface area contributed by atoms with Crippen molar-refractivity contribution in [1.82, 2.24) is 19.5 Å². The molecule has 2 aromatic heterocycles. The minimum atomic E-state index is -0.935.